The fourth-order valence-electron chi connectivity index (χ4n) is 2.66. The number of benzene rings is 1. The van der Waals surface area contributed by atoms with E-state index in [9.17, 15) is 4.39 Å². The second kappa shape index (κ2) is 7.41. The lowest BCUT2D eigenvalue weighted by Crippen LogP contribution is -2.52. The van der Waals surface area contributed by atoms with E-state index in [1.54, 1.807) is 18.4 Å². The summed E-state index contributed by atoms with van der Waals surface area (Å²) in [6.07, 6.45) is 1.81. The molecule has 0 atom stereocenters. The summed E-state index contributed by atoms with van der Waals surface area (Å²) in [6.45, 7) is 4.25. The number of nitrogens with zero attached hydrogens (tertiary/aromatic N) is 4. The van der Waals surface area contributed by atoms with Crippen LogP contribution in [0.4, 0.5) is 10.1 Å². The Morgan fingerprint density at radius 1 is 1.26 bits per heavy atom. The number of anilines is 1. The van der Waals surface area contributed by atoms with E-state index >= 15 is 0 Å². The molecule has 0 bridgehead atoms. The van der Waals surface area contributed by atoms with Crippen molar-refractivity contribution in [1.82, 2.24) is 15.2 Å². The van der Waals surface area contributed by atoms with Crippen molar-refractivity contribution in [2.24, 2.45) is 4.99 Å². The molecule has 1 saturated heterocycles. The molecule has 23 heavy (non-hydrogen) atoms. The van der Waals surface area contributed by atoms with Gasteiger partial charge in [-0.25, -0.2) is 9.37 Å². The first-order chi connectivity index (χ1) is 11.3. The highest BCUT2D eigenvalue weighted by Crippen LogP contribution is 2.17. The molecule has 122 valence electrons. The summed E-state index contributed by atoms with van der Waals surface area (Å²) in [4.78, 5) is 13.1. The van der Waals surface area contributed by atoms with Gasteiger partial charge in [0.25, 0.3) is 0 Å². The minimum atomic E-state index is -0.195. The molecular formula is C16H20FN5S. The van der Waals surface area contributed by atoms with Crippen LogP contribution in [-0.2, 0) is 6.54 Å². The maximum Gasteiger partial charge on any atom is 0.194 e. The van der Waals surface area contributed by atoms with Crippen LogP contribution in [-0.4, -0.2) is 49.1 Å². The smallest absolute Gasteiger partial charge is 0.194 e. The minimum Gasteiger partial charge on any atom is -0.368 e. The molecule has 3 rings (SSSR count). The second-order valence-electron chi connectivity index (χ2n) is 5.28. The van der Waals surface area contributed by atoms with Gasteiger partial charge in [0.05, 0.1) is 6.54 Å². The first-order valence-electron chi connectivity index (χ1n) is 7.61. The van der Waals surface area contributed by atoms with E-state index in [1.165, 1.54) is 12.1 Å². The molecule has 1 aliphatic rings. The molecule has 0 aliphatic carbocycles. The lowest BCUT2D eigenvalue weighted by atomic mass is 10.2. The average molecular weight is 333 g/mol. The maximum absolute atomic E-state index is 13.0. The molecule has 1 aromatic heterocycles. The molecule has 0 unspecified atom stereocenters. The Bertz CT molecular complexity index is 633. The zero-order valence-electron chi connectivity index (χ0n) is 13.1. The van der Waals surface area contributed by atoms with Gasteiger partial charge in [-0.3, -0.25) is 4.99 Å². The maximum atomic E-state index is 13.0. The third kappa shape index (κ3) is 3.98. The Labute approximate surface area is 139 Å². The topological polar surface area (TPSA) is 43.8 Å². The SMILES string of the molecule is CN=C(NCc1nccs1)N1CCN(c2ccc(F)cc2)CC1. The molecule has 1 aromatic carbocycles. The van der Waals surface area contributed by atoms with Gasteiger partial charge in [-0.2, -0.15) is 0 Å². The lowest BCUT2D eigenvalue weighted by molar-refractivity contribution is 0.372. The monoisotopic (exact) mass is 333 g/mol. The summed E-state index contributed by atoms with van der Waals surface area (Å²) in [6, 6.07) is 6.69. The van der Waals surface area contributed by atoms with Crippen molar-refractivity contribution >= 4 is 23.0 Å². The fourth-order valence-corrected chi connectivity index (χ4v) is 3.21. The summed E-state index contributed by atoms with van der Waals surface area (Å²) in [5, 5.41) is 6.38. The predicted octanol–water partition coefficient (Wildman–Crippen LogP) is 2.18. The molecule has 2 aromatic rings. The van der Waals surface area contributed by atoms with Gasteiger partial charge in [0.2, 0.25) is 0 Å². The highest BCUT2D eigenvalue weighted by Gasteiger charge is 2.19. The normalized spacial score (nSPS) is 15.8. The predicted molar refractivity (Wildman–Crippen MR) is 92.5 cm³/mol. The Kier molecular flexibility index (Phi) is 5.07. The molecule has 0 radical (unpaired) electrons. The van der Waals surface area contributed by atoms with Crippen LogP contribution in [0.2, 0.25) is 0 Å². The summed E-state index contributed by atoms with van der Waals surface area (Å²) < 4.78 is 13.0. The van der Waals surface area contributed by atoms with Crippen LogP contribution < -0.4 is 10.2 Å². The number of nitrogens with one attached hydrogen (secondary N) is 1. The summed E-state index contributed by atoms with van der Waals surface area (Å²) >= 11 is 1.63. The third-order valence-electron chi connectivity index (χ3n) is 3.86. The Morgan fingerprint density at radius 3 is 2.61 bits per heavy atom. The average Bonchev–Trinajstić information content (AvgIpc) is 3.10. The van der Waals surface area contributed by atoms with Gasteiger partial charge in [0.15, 0.2) is 5.96 Å². The molecule has 1 N–H and O–H groups in total. The summed E-state index contributed by atoms with van der Waals surface area (Å²) in [5.74, 6) is 0.707. The van der Waals surface area contributed by atoms with E-state index in [1.807, 2.05) is 23.7 Å². The number of aromatic nitrogens is 1. The Morgan fingerprint density at radius 2 is 2.00 bits per heavy atom. The third-order valence-corrected chi connectivity index (χ3v) is 4.64. The number of hydrogen-bond acceptors (Lipinski definition) is 4. The number of thiazole rings is 1. The van der Waals surface area contributed by atoms with Crippen LogP contribution in [0.5, 0.6) is 0 Å². The number of guanidine groups is 1. The largest absolute Gasteiger partial charge is 0.368 e. The number of piperazine rings is 1. The van der Waals surface area contributed by atoms with Gasteiger partial charge >= 0.3 is 0 Å². The van der Waals surface area contributed by atoms with Crippen LogP contribution in [0.25, 0.3) is 0 Å². The molecule has 0 amide bonds. The quantitative estimate of drug-likeness (QED) is 0.691. The molecule has 2 heterocycles. The molecule has 1 fully saturated rings. The zero-order valence-corrected chi connectivity index (χ0v) is 13.9. The first kappa shape index (κ1) is 15.7. The van der Waals surface area contributed by atoms with Gasteiger partial charge in [0, 0.05) is 50.5 Å². The standard InChI is InChI=1S/C16H20FN5S/c1-18-16(20-12-15-19-6-11-23-15)22-9-7-21(8-10-22)14-4-2-13(17)3-5-14/h2-6,11H,7-10,12H2,1H3,(H,18,20). The highest BCUT2D eigenvalue weighted by molar-refractivity contribution is 7.09. The van der Waals surface area contributed by atoms with E-state index in [-0.39, 0.29) is 5.82 Å². The lowest BCUT2D eigenvalue weighted by Gasteiger charge is -2.37. The van der Waals surface area contributed by atoms with Crippen molar-refractivity contribution in [2.45, 2.75) is 6.54 Å². The number of halogens is 1. The van der Waals surface area contributed by atoms with Crippen LogP contribution in [0.3, 0.4) is 0 Å². The molecule has 1 aliphatic heterocycles. The summed E-state index contributed by atoms with van der Waals surface area (Å²) in [7, 11) is 1.80. The van der Waals surface area contributed by atoms with Gasteiger partial charge in [-0.1, -0.05) is 0 Å². The Hall–Kier alpha value is -2.15. The van der Waals surface area contributed by atoms with Crippen molar-refractivity contribution < 1.29 is 4.39 Å². The fraction of sp³-hybridized carbons (Fsp3) is 0.375. The van der Waals surface area contributed by atoms with Crippen LogP contribution in [0.15, 0.2) is 40.8 Å². The number of rotatable bonds is 3. The van der Waals surface area contributed by atoms with Crippen molar-refractivity contribution in [2.75, 3.05) is 38.1 Å². The van der Waals surface area contributed by atoms with E-state index < -0.39 is 0 Å². The molecule has 5 nitrogen and oxygen atoms in total. The molecule has 0 spiro atoms. The van der Waals surface area contributed by atoms with Crippen molar-refractivity contribution in [3.63, 3.8) is 0 Å². The van der Waals surface area contributed by atoms with Crippen LogP contribution >= 0.6 is 11.3 Å². The van der Waals surface area contributed by atoms with Gasteiger partial charge in [0.1, 0.15) is 10.8 Å². The minimum absolute atomic E-state index is 0.195. The van der Waals surface area contributed by atoms with E-state index in [0.717, 1.165) is 42.8 Å². The van der Waals surface area contributed by atoms with Gasteiger partial charge < -0.3 is 15.1 Å². The zero-order chi connectivity index (χ0) is 16.1. The van der Waals surface area contributed by atoms with E-state index in [0.29, 0.717) is 6.54 Å². The van der Waals surface area contributed by atoms with Crippen LogP contribution in [0.1, 0.15) is 5.01 Å². The first-order valence-corrected chi connectivity index (χ1v) is 8.49. The number of aliphatic imine (C=N–C) groups is 1. The number of hydrogen-bond donors (Lipinski definition) is 1. The van der Waals surface area contributed by atoms with Crippen LogP contribution in [0, 0.1) is 5.82 Å². The Balaban J connectivity index is 1.53. The van der Waals surface area contributed by atoms with Crippen molar-refractivity contribution in [3.05, 3.63) is 46.7 Å². The molecule has 7 heteroatoms. The van der Waals surface area contributed by atoms with E-state index in [4.69, 9.17) is 0 Å². The van der Waals surface area contributed by atoms with Crippen molar-refractivity contribution in [1.29, 1.82) is 0 Å². The van der Waals surface area contributed by atoms with Crippen molar-refractivity contribution in [3.8, 4) is 0 Å². The molecular weight excluding hydrogens is 313 g/mol. The van der Waals surface area contributed by atoms with E-state index in [2.05, 4.69) is 25.1 Å². The van der Waals surface area contributed by atoms with Gasteiger partial charge in [-0.15, -0.1) is 11.3 Å². The summed E-state index contributed by atoms with van der Waals surface area (Å²) in [5.41, 5.74) is 1.07. The van der Waals surface area contributed by atoms with Gasteiger partial charge in [-0.05, 0) is 24.3 Å². The second-order valence-corrected chi connectivity index (χ2v) is 6.26. The molecule has 0 saturated carbocycles. The highest BCUT2D eigenvalue weighted by atomic mass is 32.1.